The molecular weight excluding hydrogens is 494 g/mol. The normalized spacial score (nSPS) is 15.6. The van der Waals surface area contributed by atoms with Gasteiger partial charge in [-0.2, -0.15) is 0 Å². The Morgan fingerprint density at radius 3 is 2.54 bits per heavy atom. The molecule has 1 aliphatic carbocycles. The summed E-state index contributed by atoms with van der Waals surface area (Å²) in [4.78, 5) is 36.5. The highest BCUT2D eigenvalue weighted by Crippen LogP contribution is 2.42. The molecule has 9 nitrogen and oxygen atoms in total. The molecule has 0 spiro atoms. The number of halogens is 1. The Balaban J connectivity index is 1.23. The Morgan fingerprint density at radius 2 is 1.81 bits per heavy atom. The molecule has 1 aromatic carbocycles. The number of hydrogen-bond donors (Lipinski definition) is 0. The average Bonchev–Trinajstić information content (AvgIpc) is 3.62. The highest BCUT2D eigenvalue weighted by Gasteiger charge is 2.36. The van der Waals surface area contributed by atoms with Gasteiger partial charge in [0.2, 0.25) is 11.8 Å². The molecule has 37 heavy (non-hydrogen) atoms. The monoisotopic (exact) mass is 517 g/mol. The number of hydrogen-bond acceptors (Lipinski definition) is 6. The number of anilines is 1. The van der Waals surface area contributed by atoms with Crippen molar-refractivity contribution in [2.75, 3.05) is 18.5 Å². The third kappa shape index (κ3) is 4.82. The maximum Gasteiger partial charge on any atom is 0.331 e. The first kappa shape index (κ1) is 23.3. The van der Waals surface area contributed by atoms with Crippen LogP contribution in [0, 0.1) is 0 Å². The lowest BCUT2D eigenvalue weighted by atomic mass is 10.1. The van der Waals surface area contributed by atoms with Gasteiger partial charge in [0, 0.05) is 31.6 Å². The Morgan fingerprint density at radius 1 is 1.00 bits per heavy atom. The Hall–Kier alpha value is -4.11. The van der Waals surface area contributed by atoms with Gasteiger partial charge < -0.3 is 13.9 Å². The summed E-state index contributed by atoms with van der Waals surface area (Å²) in [7, 11) is 1.49. The summed E-state index contributed by atoms with van der Waals surface area (Å²) in [6.07, 6.45) is 6.12. The van der Waals surface area contributed by atoms with Gasteiger partial charge in [0.05, 0.1) is 11.4 Å². The number of amides is 3. The van der Waals surface area contributed by atoms with E-state index in [-0.39, 0.29) is 30.2 Å². The van der Waals surface area contributed by atoms with Crippen molar-refractivity contribution in [1.29, 1.82) is 0 Å². The van der Waals surface area contributed by atoms with E-state index in [0.717, 1.165) is 28.9 Å². The van der Waals surface area contributed by atoms with Gasteiger partial charge in [-0.05, 0) is 36.0 Å². The van der Waals surface area contributed by atoms with Crippen molar-refractivity contribution >= 4 is 34.9 Å². The zero-order chi connectivity index (χ0) is 25.5. The number of carbonyl (C=O) groups is 2. The first-order valence-corrected chi connectivity index (χ1v) is 12.4. The number of nitrogens with zero attached hydrogens (tertiary/aromatic N) is 5. The molecule has 1 saturated heterocycles. The van der Waals surface area contributed by atoms with Crippen molar-refractivity contribution in [3.63, 3.8) is 0 Å². The fourth-order valence-electron chi connectivity index (χ4n) is 4.34. The van der Waals surface area contributed by atoms with Crippen molar-refractivity contribution in [2.24, 2.45) is 0 Å². The lowest BCUT2D eigenvalue weighted by Gasteiger charge is -2.17. The largest absolute Gasteiger partial charge is 0.489 e. The van der Waals surface area contributed by atoms with Crippen LogP contribution in [-0.4, -0.2) is 44.8 Å². The number of imide groups is 1. The minimum atomic E-state index is -0.355. The fourth-order valence-corrected chi connectivity index (χ4v) is 4.53. The SMILES string of the molecule is CN1C(=O)CN(c2cc(C3CC3)cn3cc(COc4cc(OCc5ccccc5)cc(Cl)n4)nc23)C1=O. The van der Waals surface area contributed by atoms with E-state index < -0.39 is 0 Å². The molecule has 0 N–H and O–H groups in total. The summed E-state index contributed by atoms with van der Waals surface area (Å²) in [5.41, 5.74) is 4.02. The number of imidazole rings is 1. The predicted octanol–water partition coefficient (Wildman–Crippen LogP) is 4.82. The number of urea groups is 1. The average molecular weight is 518 g/mol. The zero-order valence-electron chi connectivity index (χ0n) is 20.1. The first-order chi connectivity index (χ1) is 17.9. The van der Waals surface area contributed by atoms with Gasteiger partial charge in [-0.25, -0.2) is 14.8 Å². The van der Waals surface area contributed by atoms with Crippen LogP contribution < -0.4 is 14.4 Å². The summed E-state index contributed by atoms with van der Waals surface area (Å²) in [5.74, 6) is 1.08. The molecule has 188 valence electrons. The van der Waals surface area contributed by atoms with Crippen LogP contribution in [0.3, 0.4) is 0 Å². The van der Waals surface area contributed by atoms with Crippen molar-refractivity contribution in [3.05, 3.63) is 82.9 Å². The minimum Gasteiger partial charge on any atom is -0.489 e. The number of aromatic nitrogens is 3. The van der Waals surface area contributed by atoms with E-state index in [4.69, 9.17) is 26.1 Å². The van der Waals surface area contributed by atoms with Crippen LogP contribution in [-0.2, 0) is 18.0 Å². The molecular formula is C27H24ClN5O4. The van der Waals surface area contributed by atoms with E-state index in [2.05, 4.69) is 4.98 Å². The molecule has 4 heterocycles. The number of rotatable bonds is 8. The number of benzene rings is 1. The van der Waals surface area contributed by atoms with E-state index in [9.17, 15) is 9.59 Å². The Bertz CT molecular complexity index is 1500. The predicted molar refractivity (Wildman–Crippen MR) is 137 cm³/mol. The third-order valence-corrected chi connectivity index (χ3v) is 6.68. The van der Waals surface area contributed by atoms with E-state index in [1.165, 1.54) is 11.9 Å². The van der Waals surface area contributed by atoms with E-state index in [1.54, 1.807) is 12.1 Å². The maximum absolute atomic E-state index is 12.7. The summed E-state index contributed by atoms with van der Waals surface area (Å²) in [5, 5.41) is 0.258. The summed E-state index contributed by atoms with van der Waals surface area (Å²) >= 11 is 6.20. The maximum atomic E-state index is 12.7. The topological polar surface area (TPSA) is 89.3 Å². The summed E-state index contributed by atoms with van der Waals surface area (Å²) in [6, 6.07) is 14.8. The Labute approximate surface area is 218 Å². The molecule has 3 aromatic heterocycles. The first-order valence-electron chi connectivity index (χ1n) is 12.0. The second-order valence-electron chi connectivity index (χ2n) is 9.24. The number of likely N-dealkylation sites (N-methyl/N-ethyl adjacent to an activating group) is 1. The number of fused-ring (bicyclic) bond motifs is 1. The van der Waals surface area contributed by atoms with E-state index in [1.807, 2.05) is 53.2 Å². The van der Waals surface area contributed by atoms with E-state index in [0.29, 0.717) is 41.2 Å². The molecule has 0 radical (unpaired) electrons. The van der Waals surface area contributed by atoms with Gasteiger partial charge >= 0.3 is 6.03 Å². The zero-order valence-corrected chi connectivity index (χ0v) is 20.9. The van der Waals surface area contributed by atoms with Gasteiger partial charge in [0.1, 0.15) is 30.7 Å². The number of ether oxygens (including phenoxy) is 2. The Kier molecular flexibility index (Phi) is 5.92. The van der Waals surface area contributed by atoms with E-state index >= 15 is 0 Å². The lowest BCUT2D eigenvalue weighted by Crippen LogP contribution is -2.30. The van der Waals surface area contributed by atoms with Gasteiger partial charge in [-0.1, -0.05) is 41.9 Å². The van der Waals surface area contributed by atoms with Crippen LogP contribution in [0.15, 0.2) is 60.9 Å². The number of pyridine rings is 2. The van der Waals surface area contributed by atoms with Gasteiger partial charge in [0.25, 0.3) is 0 Å². The van der Waals surface area contributed by atoms with Crippen LogP contribution in [0.4, 0.5) is 10.5 Å². The van der Waals surface area contributed by atoms with Crippen molar-refractivity contribution in [2.45, 2.75) is 32.0 Å². The molecule has 0 unspecified atom stereocenters. The van der Waals surface area contributed by atoms with Crippen LogP contribution in [0.2, 0.25) is 5.15 Å². The molecule has 2 aliphatic rings. The lowest BCUT2D eigenvalue weighted by molar-refractivity contribution is -0.123. The molecule has 6 rings (SSSR count). The molecule has 3 amide bonds. The molecule has 4 aromatic rings. The molecule has 0 bridgehead atoms. The van der Waals surface area contributed by atoms with Crippen molar-refractivity contribution < 1.29 is 19.1 Å². The van der Waals surface area contributed by atoms with Crippen LogP contribution in [0.25, 0.3) is 5.65 Å². The second kappa shape index (κ2) is 9.40. The van der Waals surface area contributed by atoms with Crippen LogP contribution in [0.1, 0.15) is 35.6 Å². The van der Waals surface area contributed by atoms with Gasteiger partial charge in [0.15, 0.2) is 5.65 Å². The quantitative estimate of drug-likeness (QED) is 0.246. The molecule has 1 aliphatic heterocycles. The standard InChI is InChI=1S/C27H24ClN5O4/c1-31-25(34)14-33(27(31)35)22-9-19(18-7-8-18)12-32-13-20(29-26(22)32)16-37-24-11-21(10-23(28)30-24)36-15-17-5-3-2-4-6-17/h2-6,9-13,18H,7-8,14-16H2,1H3. The molecule has 0 atom stereocenters. The van der Waals surface area contributed by atoms with Gasteiger partial charge in [-0.15, -0.1) is 0 Å². The molecule has 2 fully saturated rings. The highest BCUT2D eigenvalue weighted by atomic mass is 35.5. The van der Waals surface area contributed by atoms with Crippen molar-refractivity contribution in [1.82, 2.24) is 19.3 Å². The second-order valence-corrected chi connectivity index (χ2v) is 9.63. The summed E-state index contributed by atoms with van der Waals surface area (Å²) < 4.78 is 13.7. The van der Waals surface area contributed by atoms with Crippen molar-refractivity contribution in [3.8, 4) is 11.6 Å². The fraction of sp³-hybridized carbons (Fsp3) is 0.259. The van der Waals surface area contributed by atoms with Crippen LogP contribution >= 0.6 is 11.6 Å². The minimum absolute atomic E-state index is 0.00397. The van der Waals surface area contributed by atoms with Gasteiger partial charge in [-0.3, -0.25) is 14.6 Å². The smallest absolute Gasteiger partial charge is 0.331 e. The third-order valence-electron chi connectivity index (χ3n) is 6.49. The molecule has 10 heteroatoms. The number of carbonyl (C=O) groups excluding carboxylic acids is 2. The molecule has 1 saturated carbocycles. The summed E-state index contributed by atoms with van der Waals surface area (Å²) in [6.45, 7) is 0.528. The van der Waals surface area contributed by atoms with Crippen LogP contribution in [0.5, 0.6) is 11.6 Å². The highest BCUT2D eigenvalue weighted by molar-refractivity contribution is 6.29.